The van der Waals surface area contributed by atoms with Crippen molar-refractivity contribution in [1.29, 1.82) is 0 Å². The fourth-order valence-corrected chi connectivity index (χ4v) is 1.70. The Bertz CT molecular complexity index is 360. The average Bonchev–Trinajstić information content (AvgIpc) is 2.47. The van der Waals surface area contributed by atoms with Gasteiger partial charge in [0.15, 0.2) is 0 Å². The standard InChI is InChI=1S/C13H25N3O5/c1-8(2)10(16-13(19)21-4)11(17)15-9(6-5-7-14)12(18)20-3/h8-10H,5-7,14H2,1-4H3,(H,15,17)(H,16,19)/t9-,10-/m0/s1. The van der Waals surface area contributed by atoms with E-state index in [1.54, 1.807) is 13.8 Å². The Labute approximate surface area is 124 Å². The first-order chi connectivity index (χ1) is 9.87. The van der Waals surface area contributed by atoms with Gasteiger partial charge < -0.3 is 25.8 Å². The van der Waals surface area contributed by atoms with Gasteiger partial charge in [-0.15, -0.1) is 0 Å². The molecule has 0 aromatic rings. The van der Waals surface area contributed by atoms with E-state index in [1.165, 1.54) is 14.2 Å². The number of nitrogens with two attached hydrogens (primary N) is 1. The molecule has 0 aromatic heterocycles. The van der Waals surface area contributed by atoms with Gasteiger partial charge in [0.05, 0.1) is 14.2 Å². The molecule has 8 heteroatoms. The quantitative estimate of drug-likeness (QED) is 0.532. The Balaban J connectivity index is 4.81. The molecule has 8 nitrogen and oxygen atoms in total. The highest BCUT2D eigenvalue weighted by Crippen LogP contribution is 2.05. The minimum atomic E-state index is -0.803. The predicted molar refractivity (Wildman–Crippen MR) is 76.4 cm³/mol. The summed E-state index contributed by atoms with van der Waals surface area (Å²) < 4.78 is 9.13. The van der Waals surface area contributed by atoms with Crippen molar-refractivity contribution in [3.8, 4) is 0 Å². The molecule has 0 heterocycles. The third-order valence-corrected chi connectivity index (χ3v) is 2.91. The second-order valence-electron chi connectivity index (χ2n) is 4.87. The SMILES string of the molecule is COC(=O)N[C@H](C(=O)N[C@@H](CCCN)C(=O)OC)C(C)C. The number of amides is 2. The van der Waals surface area contributed by atoms with Crippen molar-refractivity contribution in [1.82, 2.24) is 10.6 Å². The van der Waals surface area contributed by atoms with E-state index in [0.717, 1.165) is 0 Å². The summed E-state index contributed by atoms with van der Waals surface area (Å²) in [6.45, 7) is 3.94. The highest BCUT2D eigenvalue weighted by Gasteiger charge is 2.29. The van der Waals surface area contributed by atoms with Crippen LogP contribution >= 0.6 is 0 Å². The van der Waals surface area contributed by atoms with Crippen LogP contribution < -0.4 is 16.4 Å². The van der Waals surface area contributed by atoms with Gasteiger partial charge in [0.2, 0.25) is 5.91 Å². The van der Waals surface area contributed by atoms with Gasteiger partial charge in [0.25, 0.3) is 0 Å². The first-order valence-electron chi connectivity index (χ1n) is 6.80. The third-order valence-electron chi connectivity index (χ3n) is 2.91. The van der Waals surface area contributed by atoms with Crippen molar-refractivity contribution in [3.63, 3.8) is 0 Å². The number of alkyl carbamates (subject to hydrolysis) is 1. The van der Waals surface area contributed by atoms with E-state index in [0.29, 0.717) is 19.4 Å². The van der Waals surface area contributed by atoms with Crippen LogP contribution in [0.1, 0.15) is 26.7 Å². The molecule has 0 spiro atoms. The van der Waals surface area contributed by atoms with Gasteiger partial charge >= 0.3 is 12.1 Å². The van der Waals surface area contributed by atoms with Gasteiger partial charge in [-0.05, 0) is 25.3 Å². The maximum atomic E-state index is 12.2. The molecular formula is C13H25N3O5. The summed E-state index contributed by atoms with van der Waals surface area (Å²) in [5.74, 6) is -1.18. The fraction of sp³-hybridized carbons (Fsp3) is 0.769. The molecule has 0 fully saturated rings. The van der Waals surface area contributed by atoms with E-state index in [4.69, 9.17) is 5.73 Å². The number of esters is 1. The van der Waals surface area contributed by atoms with Crippen LogP contribution in [0.25, 0.3) is 0 Å². The molecule has 2 atom stereocenters. The van der Waals surface area contributed by atoms with E-state index in [-0.39, 0.29) is 5.92 Å². The van der Waals surface area contributed by atoms with Crippen LogP contribution in [0, 0.1) is 5.92 Å². The molecule has 0 aliphatic heterocycles. The highest BCUT2D eigenvalue weighted by atomic mass is 16.5. The summed E-state index contributed by atoms with van der Waals surface area (Å²) in [6, 6.07) is -1.59. The van der Waals surface area contributed by atoms with Crippen molar-refractivity contribution in [2.75, 3.05) is 20.8 Å². The van der Waals surface area contributed by atoms with Crippen LogP contribution in [0.3, 0.4) is 0 Å². The van der Waals surface area contributed by atoms with E-state index < -0.39 is 30.1 Å². The van der Waals surface area contributed by atoms with Crippen LogP contribution in [-0.4, -0.2) is 50.8 Å². The van der Waals surface area contributed by atoms with Gasteiger partial charge in [0, 0.05) is 0 Å². The Hall–Kier alpha value is -1.83. The summed E-state index contributed by atoms with van der Waals surface area (Å²) in [7, 11) is 2.46. The molecule has 0 aliphatic rings. The van der Waals surface area contributed by atoms with E-state index >= 15 is 0 Å². The number of hydrogen-bond donors (Lipinski definition) is 3. The molecule has 0 unspecified atom stereocenters. The van der Waals surface area contributed by atoms with Crippen LogP contribution in [0.15, 0.2) is 0 Å². The van der Waals surface area contributed by atoms with Crippen LogP contribution in [0.4, 0.5) is 4.79 Å². The number of nitrogens with one attached hydrogen (secondary N) is 2. The second kappa shape index (κ2) is 9.98. The van der Waals surface area contributed by atoms with Gasteiger partial charge in [0.1, 0.15) is 12.1 Å². The maximum Gasteiger partial charge on any atom is 0.407 e. The summed E-state index contributed by atoms with van der Waals surface area (Å²) >= 11 is 0. The van der Waals surface area contributed by atoms with Gasteiger partial charge in [-0.3, -0.25) is 4.79 Å². The van der Waals surface area contributed by atoms with Crippen molar-refractivity contribution < 1.29 is 23.9 Å². The predicted octanol–water partition coefficient (Wildman–Crippen LogP) is -0.236. The lowest BCUT2D eigenvalue weighted by atomic mass is 10.0. The smallest absolute Gasteiger partial charge is 0.407 e. The van der Waals surface area contributed by atoms with Crippen molar-refractivity contribution in [2.24, 2.45) is 11.7 Å². The first kappa shape index (κ1) is 19.2. The zero-order valence-electron chi connectivity index (χ0n) is 13.0. The number of methoxy groups -OCH3 is 2. The number of ether oxygens (including phenoxy) is 2. The fourth-order valence-electron chi connectivity index (χ4n) is 1.70. The Morgan fingerprint density at radius 3 is 2.14 bits per heavy atom. The van der Waals surface area contributed by atoms with Crippen LogP contribution in [0.5, 0.6) is 0 Å². The van der Waals surface area contributed by atoms with Crippen molar-refractivity contribution in [2.45, 2.75) is 38.8 Å². The molecule has 0 aliphatic carbocycles. The molecule has 0 saturated carbocycles. The summed E-state index contributed by atoms with van der Waals surface area (Å²) in [5, 5.41) is 5.01. The summed E-state index contributed by atoms with van der Waals surface area (Å²) in [4.78, 5) is 35.1. The largest absolute Gasteiger partial charge is 0.467 e. The first-order valence-corrected chi connectivity index (χ1v) is 6.80. The molecular weight excluding hydrogens is 278 g/mol. The molecule has 0 rings (SSSR count). The molecule has 0 saturated heterocycles. The number of carbonyl (C=O) groups excluding carboxylic acids is 3. The Morgan fingerprint density at radius 2 is 1.71 bits per heavy atom. The molecule has 21 heavy (non-hydrogen) atoms. The Kier molecular flexibility index (Phi) is 9.11. The Morgan fingerprint density at radius 1 is 1.10 bits per heavy atom. The third kappa shape index (κ3) is 6.94. The van der Waals surface area contributed by atoms with E-state index in [9.17, 15) is 14.4 Å². The van der Waals surface area contributed by atoms with Gasteiger partial charge in [-0.2, -0.15) is 0 Å². The number of rotatable bonds is 8. The summed E-state index contributed by atoms with van der Waals surface area (Å²) in [6.07, 6.45) is 0.231. The lowest BCUT2D eigenvalue weighted by Crippen LogP contribution is -2.53. The van der Waals surface area contributed by atoms with E-state index in [2.05, 4.69) is 20.1 Å². The van der Waals surface area contributed by atoms with Crippen molar-refractivity contribution in [3.05, 3.63) is 0 Å². The molecule has 2 amide bonds. The topological polar surface area (TPSA) is 120 Å². The molecule has 122 valence electrons. The summed E-state index contributed by atoms with van der Waals surface area (Å²) in [5.41, 5.74) is 5.40. The number of hydrogen-bond acceptors (Lipinski definition) is 6. The second-order valence-corrected chi connectivity index (χ2v) is 4.87. The van der Waals surface area contributed by atoms with Crippen LogP contribution in [0.2, 0.25) is 0 Å². The average molecular weight is 303 g/mol. The monoisotopic (exact) mass is 303 g/mol. The van der Waals surface area contributed by atoms with E-state index in [1.807, 2.05) is 0 Å². The minimum absolute atomic E-state index is 0.170. The minimum Gasteiger partial charge on any atom is -0.467 e. The highest BCUT2D eigenvalue weighted by molar-refractivity contribution is 5.89. The maximum absolute atomic E-state index is 12.2. The van der Waals surface area contributed by atoms with Crippen LogP contribution in [-0.2, 0) is 19.1 Å². The van der Waals surface area contributed by atoms with Gasteiger partial charge in [-0.1, -0.05) is 13.8 Å². The lowest BCUT2D eigenvalue weighted by molar-refractivity contribution is -0.145. The normalized spacial score (nSPS) is 13.2. The van der Waals surface area contributed by atoms with Gasteiger partial charge in [-0.25, -0.2) is 9.59 Å². The molecule has 4 N–H and O–H groups in total. The molecule has 0 aromatic carbocycles. The molecule has 0 bridgehead atoms. The molecule has 0 radical (unpaired) electrons. The zero-order valence-corrected chi connectivity index (χ0v) is 13.0. The number of carbonyl (C=O) groups is 3. The zero-order chi connectivity index (χ0) is 16.4. The van der Waals surface area contributed by atoms with Crippen molar-refractivity contribution >= 4 is 18.0 Å². The lowest BCUT2D eigenvalue weighted by Gasteiger charge is -2.24.